The lowest BCUT2D eigenvalue weighted by atomic mass is 9.87. The van der Waals surface area contributed by atoms with Gasteiger partial charge in [0.1, 0.15) is 5.71 Å². The fourth-order valence-electron chi connectivity index (χ4n) is 1.47. The third-order valence-corrected chi connectivity index (χ3v) is 2.67. The zero-order chi connectivity index (χ0) is 14.5. The van der Waals surface area contributed by atoms with Gasteiger partial charge in [0.2, 0.25) is 0 Å². The maximum absolute atomic E-state index is 11.4. The Hall–Kier alpha value is -1.84. The Morgan fingerprint density at radius 3 is 2.32 bits per heavy atom. The van der Waals surface area contributed by atoms with E-state index in [0.29, 0.717) is 12.3 Å². The van der Waals surface area contributed by atoms with Crippen LogP contribution in [-0.2, 0) is 14.9 Å². The summed E-state index contributed by atoms with van der Waals surface area (Å²) in [6.07, 6.45) is 0. The molecule has 0 atom stereocenters. The van der Waals surface area contributed by atoms with Gasteiger partial charge >= 0.3 is 5.97 Å². The van der Waals surface area contributed by atoms with Crippen LogP contribution in [0.25, 0.3) is 0 Å². The lowest BCUT2D eigenvalue weighted by molar-refractivity contribution is -0.135. The van der Waals surface area contributed by atoms with Crippen molar-refractivity contribution in [2.24, 2.45) is 5.10 Å². The van der Waals surface area contributed by atoms with Crippen LogP contribution >= 0.6 is 0 Å². The van der Waals surface area contributed by atoms with Gasteiger partial charge in [-0.2, -0.15) is 5.10 Å². The number of nitrogens with zero attached hydrogens (tertiary/aromatic N) is 1. The number of ether oxygens (including phenoxy) is 1. The second-order valence-corrected chi connectivity index (χ2v) is 5.36. The Bertz CT molecular complexity index is 456. The van der Waals surface area contributed by atoms with E-state index >= 15 is 0 Å². The highest BCUT2D eigenvalue weighted by Gasteiger charge is 2.12. The second kappa shape index (κ2) is 6.36. The number of hydrogen-bond acceptors (Lipinski definition) is 4. The summed E-state index contributed by atoms with van der Waals surface area (Å²) in [7, 11) is 0. The molecule has 1 rings (SSSR count). The number of nitrogens with one attached hydrogen (secondary N) is 1. The van der Waals surface area contributed by atoms with Gasteiger partial charge in [0.25, 0.3) is 0 Å². The molecule has 4 nitrogen and oxygen atoms in total. The standard InChI is InChI=1S/C15H22N2O2/c1-6-19-14(18)11(2)16-17-13-9-7-12(8-10-13)15(3,4)5/h7-10,17H,6H2,1-5H3/b16-11+. The van der Waals surface area contributed by atoms with Crippen LogP contribution in [0.5, 0.6) is 0 Å². The molecular weight excluding hydrogens is 240 g/mol. The lowest BCUT2D eigenvalue weighted by Gasteiger charge is -2.19. The summed E-state index contributed by atoms with van der Waals surface area (Å²) in [5, 5.41) is 4.00. The van der Waals surface area contributed by atoms with Crippen LogP contribution in [0.15, 0.2) is 29.4 Å². The average molecular weight is 262 g/mol. The largest absolute Gasteiger partial charge is 0.461 e. The minimum atomic E-state index is -0.402. The van der Waals surface area contributed by atoms with Crippen molar-refractivity contribution in [3.05, 3.63) is 29.8 Å². The quantitative estimate of drug-likeness (QED) is 0.514. The molecule has 0 saturated carbocycles. The van der Waals surface area contributed by atoms with Crippen molar-refractivity contribution in [3.63, 3.8) is 0 Å². The molecule has 4 heteroatoms. The maximum Gasteiger partial charge on any atom is 0.354 e. The molecule has 0 saturated heterocycles. The molecule has 104 valence electrons. The summed E-state index contributed by atoms with van der Waals surface area (Å²) in [6.45, 7) is 10.2. The molecule has 0 fully saturated rings. The molecule has 1 aromatic rings. The van der Waals surface area contributed by atoms with Crippen molar-refractivity contribution in [3.8, 4) is 0 Å². The monoisotopic (exact) mass is 262 g/mol. The van der Waals surface area contributed by atoms with Crippen LogP contribution in [0.1, 0.15) is 40.2 Å². The van der Waals surface area contributed by atoms with E-state index in [2.05, 4.69) is 43.4 Å². The first-order valence-electron chi connectivity index (χ1n) is 6.42. The zero-order valence-electron chi connectivity index (χ0n) is 12.3. The molecule has 0 heterocycles. The van der Waals surface area contributed by atoms with E-state index in [1.165, 1.54) is 5.56 Å². The van der Waals surface area contributed by atoms with E-state index in [9.17, 15) is 4.79 Å². The van der Waals surface area contributed by atoms with E-state index in [1.807, 2.05) is 12.1 Å². The van der Waals surface area contributed by atoms with E-state index in [4.69, 9.17) is 4.74 Å². The number of hydrogen-bond donors (Lipinski definition) is 1. The van der Waals surface area contributed by atoms with Gasteiger partial charge < -0.3 is 4.74 Å². The normalized spacial score (nSPS) is 12.2. The Kier molecular flexibility index (Phi) is 5.10. The Balaban J connectivity index is 2.69. The van der Waals surface area contributed by atoms with Gasteiger partial charge in [-0.25, -0.2) is 4.79 Å². The molecule has 1 N–H and O–H groups in total. The van der Waals surface area contributed by atoms with Crippen LogP contribution in [0.3, 0.4) is 0 Å². The van der Waals surface area contributed by atoms with Crippen molar-refractivity contribution in [2.45, 2.75) is 40.0 Å². The molecule has 0 aliphatic heterocycles. The van der Waals surface area contributed by atoms with Crippen LogP contribution in [0.4, 0.5) is 5.69 Å². The fraction of sp³-hybridized carbons (Fsp3) is 0.467. The predicted octanol–water partition coefficient (Wildman–Crippen LogP) is 3.34. The Labute approximate surface area is 114 Å². The third-order valence-electron chi connectivity index (χ3n) is 2.67. The molecule has 0 radical (unpaired) electrons. The van der Waals surface area contributed by atoms with E-state index in [-0.39, 0.29) is 5.41 Å². The molecule has 0 amide bonds. The van der Waals surface area contributed by atoms with Crippen molar-refractivity contribution < 1.29 is 9.53 Å². The summed E-state index contributed by atoms with van der Waals surface area (Å²) in [4.78, 5) is 11.4. The predicted molar refractivity (Wildman–Crippen MR) is 78.5 cm³/mol. The second-order valence-electron chi connectivity index (χ2n) is 5.36. The number of benzene rings is 1. The summed E-state index contributed by atoms with van der Waals surface area (Å²) in [5.74, 6) is -0.402. The summed E-state index contributed by atoms with van der Waals surface area (Å²) < 4.78 is 4.85. The van der Waals surface area contributed by atoms with Crippen LogP contribution < -0.4 is 5.43 Å². The van der Waals surface area contributed by atoms with Gasteiger partial charge in [-0.3, -0.25) is 5.43 Å². The van der Waals surface area contributed by atoms with Gasteiger partial charge in [-0.15, -0.1) is 0 Å². The Morgan fingerprint density at radius 2 is 1.84 bits per heavy atom. The lowest BCUT2D eigenvalue weighted by Crippen LogP contribution is -2.15. The van der Waals surface area contributed by atoms with Crippen LogP contribution in [0.2, 0.25) is 0 Å². The van der Waals surface area contributed by atoms with Gasteiger partial charge in [-0.1, -0.05) is 32.9 Å². The summed E-state index contributed by atoms with van der Waals surface area (Å²) >= 11 is 0. The topological polar surface area (TPSA) is 50.7 Å². The highest BCUT2D eigenvalue weighted by molar-refractivity contribution is 6.35. The Morgan fingerprint density at radius 1 is 1.26 bits per heavy atom. The minimum absolute atomic E-state index is 0.128. The number of carbonyl (C=O) groups excluding carboxylic acids is 1. The smallest absolute Gasteiger partial charge is 0.354 e. The molecule has 0 aliphatic carbocycles. The van der Waals surface area contributed by atoms with Crippen LogP contribution in [-0.4, -0.2) is 18.3 Å². The average Bonchev–Trinajstić information content (AvgIpc) is 2.35. The van der Waals surface area contributed by atoms with Crippen molar-refractivity contribution in [1.82, 2.24) is 0 Å². The highest BCUT2D eigenvalue weighted by Crippen LogP contribution is 2.23. The third kappa shape index (κ3) is 4.73. The molecular formula is C15H22N2O2. The maximum atomic E-state index is 11.4. The molecule has 0 unspecified atom stereocenters. The first-order valence-corrected chi connectivity index (χ1v) is 6.42. The number of carbonyl (C=O) groups is 1. The SMILES string of the molecule is CCOC(=O)/C(C)=N/Nc1ccc(C(C)(C)C)cc1. The van der Waals surface area contributed by atoms with E-state index < -0.39 is 5.97 Å². The summed E-state index contributed by atoms with van der Waals surface area (Å²) in [5.41, 5.74) is 5.38. The molecule has 19 heavy (non-hydrogen) atoms. The number of hydrazone groups is 1. The molecule has 0 aliphatic rings. The molecule has 1 aromatic carbocycles. The first kappa shape index (κ1) is 15.2. The van der Waals surface area contributed by atoms with Gasteiger partial charge in [0.05, 0.1) is 12.3 Å². The zero-order valence-corrected chi connectivity index (χ0v) is 12.3. The van der Waals surface area contributed by atoms with Crippen LogP contribution in [0, 0.1) is 0 Å². The minimum Gasteiger partial charge on any atom is -0.461 e. The summed E-state index contributed by atoms with van der Waals surface area (Å²) in [6, 6.07) is 8.00. The number of anilines is 1. The van der Waals surface area contributed by atoms with E-state index in [0.717, 1.165) is 5.69 Å². The fourth-order valence-corrected chi connectivity index (χ4v) is 1.47. The van der Waals surface area contributed by atoms with Crippen molar-refractivity contribution >= 4 is 17.4 Å². The molecule has 0 spiro atoms. The van der Waals surface area contributed by atoms with Crippen molar-refractivity contribution in [1.29, 1.82) is 0 Å². The number of rotatable bonds is 4. The van der Waals surface area contributed by atoms with Gasteiger partial charge in [0.15, 0.2) is 0 Å². The highest BCUT2D eigenvalue weighted by atomic mass is 16.5. The molecule has 0 aromatic heterocycles. The number of esters is 1. The van der Waals surface area contributed by atoms with Gasteiger partial charge in [0, 0.05) is 0 Å². The van der Waals surface area contributed by atoms with E-state index in [1.54, 1.807) is 13.8 Å². The van der Waals surface area contributed by atoms with Gasteiger partial charge in [-0.05, 0) is 37.0 Å². The first-order chi connectivity index (χ1) is 8.84. The molecule has 0 bridgehead atoms. The van der Waals surface area contributed by atoms with Crippen molar-refractivity contribution in [2.75, 3.05) is 12.0 Å².